The first kappa shape index (κ1) is 13.9. The fraction of sp³-hybridized carbons (Fsp3) is 0.400. The molecule has 1 aliphatic rings. The van der Waals surface area contributed by atoms with Gasteiger partial charge < -0.3 is 15.8 Å². The van der Waals surface area contributed by atoms with E-state index in [-0.39, 0.29) is 11.8 Å². The van der Waals surface area contributed by atoms with E-state index in [1.807, 2.05) is 6.07 Å². The number of fused-ring (bicyclic) bond motifs is 1. The Morgan fingerprint density at radius 1 is 1.33 bits per heavy atom. The van der Waals surface area contributed by atoms with Gasteiger partial charge in [0, 0.05) is 37.2 Å². The second-order valence-electron chi connectivity index (χ2n) is 5.22. The van der Waals surface area contributed by atoms with Gasteiger partial charge in [0.2, 0.25) is 5.91 Å². The number of nitrogens with one attached hydrogen (secondary N) is 1. The van der Waals surface area contributed by atoms with Crippen molar-refractivity contribution in [1.82, 2.24) is 9.97 Å². The summed E-state index contributed by atoms with van der Waals surface area (Å²) in [6.45, 7) is 1.35. The number of nitrogens with zero attached hydrogens (tertiary/aromatic N) is 2. The molecule has 6 nitrogen and oxygen atoms in total. The molecular formula is C15H18N4O2. The molecule has 3 N–H and O–H groups in total. The lowest BCUT2D eigenvalue weighted by Gasteiger charge is -2.26. The maximum Gasteiger partial charge on any atom is 0.241 e. The summed E-state index contributed by atoms with van der Waals surface area (Å²) in [5.41, 5.74) is 7.57. The van der Waals surface area contributed by atoms with E-state index in [4.69, 9.17) is 10.5 Å². The van der Waals surface area contributed by atoms with Crippen LogP contribution in [0.2, 0.25) is 0 Å². The number of ether oxygens (including phenoxy) is 1. The molecule has 3 heterocycles. The monoisotopic (exact) mass is 286 g/mol. The molecule has 110 valence electrons. The van der Waals surface area contributed by atoms with Crippen LogP contribution in [0.25, 0.3) is 10.9 Å². The Kier molecular flexibility index (Phi) is 4.08. The van der Waals surface area contributed by atoms with Gasteiger partial charge in [0.25, 0.3) is 0 Å². The lowest BCUT2D eigenvalue weighted by molar-refractivity contribution is -0.119. The summed E-state index contributed by atoms with van der Waals surface area (Å²) in [5.74, 6) is 0.00299. The molecule has 1 unspecified atom stereocenters. The van der Waals surface area contributed by atoms with Crippen molar-refractivity contribution >= 4 is 22.5 Å². The lowest BCUT2D eigenvalue weighted by atomic mass is 9.92. The molecule has 6 heteroatoms. The number of hydrogen-bond acceptors (Lipinski definition) is 5. The molecule has 2 aromatic heterocycles. The molecule has 3 rings (SSSR count). The van der Waals surface area contributed by atoms with Gasteiger partial charge in [-0.15, -0.1) is 0 Å². The number of carbonyl (C=O) groups excluding carboxylic acids is 1. The van der Waals surface area contributed by atoms with E-state index in [1.54, 1.807) is 24.7 Å². The van der Waals surface area contributed by atoms with Gasteiger partial charge >= 0.3 is 0 Å². The number of aromatic nitrogens is 2. The quantitative estimate of drug-likeness (QED) is 0.888. The van der Waals surface area contributed by atoms with E-state index >= 15 is 0 Å². The number of amides is 1. The van der Waals surface area contributed by atoms with Crippen LogP contribution in [0.1, 0.15) is 12.8 Å². The number of pyridine rings is 2. The van der Waals surface area contributed by atoms with Crippen molar-refractivity contribution < 1.29 is 9.53 Å². The maximum absolute atomic E-state index is 12.3. The summed E-state index contributed by atoms with van der Waals surface area (Å²) < 4.78 is 5.30. The Balaban J connectivity index is 1.76. The summed E-state index contributed by atoms with van der Waals surface area (Å²) >= 11 is 0. The first-order chi connectivity index (χ1) is 10.3. The number of anilines is 1. The van der Waals surface area contributed by atoms with Crippen LogP contribution < -0.4 is 11.1 Å². The van der Waals surface area contributed by atoms with Crippen molar-refractivity contribution in [2.75, 3.05) is 18.5 Å². The highest BCUT2D eigenvalue weighted by atomic mass is 16.5. The van der Waals surface area contributed by atoms with Gasteiger partial charge in [0.15, 0.2) is 0 Å². The zero-order valence-corrected chi connectivity index (χ0v) is 11.7. The molecule has 1 saturated heterocycles. The van der Waals surface area contributed by atoms with Gasteiger partial charge in [-0.05, 0) is 30.9 Å². The molecular weight excluding hydrogens is 268 g/mol. The minimum absolute atomic E-state index is 0.168. The largest absolute Gasteiger partial charge is 0.381 e. The minimum atomic E-state index is -0.520. The maximum atomic E-state index is 12.3. The zero-order valence-electron chi connectivity index (χ0n) is 11.7. The van der Waals surface area contributed by atoms with Gasteiger partial charge in [-0.2, -0.15) is 0 Å². The third-order valence-electron chi connectivity index (χ3n) is 3.88. The Morgan fingerprint density at radius 3 is 2.95 bits per heavy atom. The van der Waals surface area contributed by atoms with E-state index < -0.39 is 6.04 Å². The Labute approximate surface area is 122 Å². The van der Waals surface area contributed by atoms with E-state index in [1.165, 1.54) is 0 Å². The fourth-order valence-corrected chi connectivity index (χ4v) is 2.60. The number of hydrogen-bond donors (Lipinski definition) is 2. The van der Waals surface area contributed by atoms with Crippen molar-refractivity contribution in [2.45, 2.75) is 18.9 Å². The lowest BCUT2D eigenvalue weighted by Crippen LogP contribution is -2.44. The fourth-order valence-electron chi connectivity index (χ4n) is 2.60. The Bertz CT molecular complexity index is 635. The first-order valence-electron chi connectivity index (χ1n) is 7.08. The van der Waals surface area contributed by atoms with Crippen molar-refractivity contribution in [1.29, 1.82) is 0 Å². The van der Waals surface area contributed by atoms with Gasteiger partial charge in [-0.25, -0.2) is 0 Å². The van der Waals surface area contributed by atoms with Crippen LogP contribution in [0, 0.1) is 5.92 Å². The molecule has 0 aromatic carbocycles. The van der Waals surface area contributed by atoms with E-state index in [0.717, 1.165) is 23.7 Å². The van der Waals surface area contributed by atoms with Gasteiger partial charge in [-0.1, -0.05) is 0 Å². The molecule has 0 bridgehead atoms. The van der Waals surface area contributed by atoms with Crippen LogP contribution in [0.3, 0.4) is 0 Å². The average molecular weight is 286 g/mol. The molecule has 0 spiro atoms. The topological polar surface area (TPSA) is 90.1 Å². The first-order valence-corrected chi connectivity index (χ1v) is 7.08. The third kappa shape index (κ3) is 3.01. The highest BCUT2D eigenvalue weighted by Crippen LogP contribution is 2.22. The van der Waals surface area contributed by atoms with Crippen molar-refractivity contribution in [3.05, 3.63) is 30.7 Å². The number of nitrogens with two attached hydrogens (primary N) is 1. The molecule has 0 radical (unpaired) electrons. The second kappa shape index (κ2) is 6.15. The Hall–Kier alpha value is -2.05. The molecule has 1 amide bonds. The normalized spacial score (nSPS) is 17.6. The highest BCUT2D eigenvalue weighted by molar-refractivity contribution is 6.02. The zero-order chi connectivity index (χ0) is 14.7. The van der Waals surface area contributed by atoms with Crippen LogP contribution in [-0.2, 0) is 9.53 Å². The van der Waals surface area contributed by atoms with Gasteiger partial charge in [0.1, 0.15) is 0 Å². The SMILES string of the molecule is NC(C(=O)Nc1ccnc2ccncc12)C1CCOCC1. The van der Waals surface area contributed by atoms with Crippen LogP contribution in [-0.4, -0.2) is 35.1 Å². The summed E-state index contributed by atoms with van der Waals surface area (Å²) in [5, 5.41) is 3.71. The van der Waals surface area contributed by atoms with Crippen LogP contribution >= 0.6 is 0 Å². The summed E-state index contributed by atoms with van der Waals surface area (Å²) in [6.07, 6.45) is 6.69. The van der Waals surface area contributed by atoms with E-state index in [9.17, 15) is 4.79 Å². The van der Waals surface area contributed by atoms with Crippen LogP contribution in [0.4, 0.5) is 5.69 Å². The van der Waals surface area contributed by atoms with Crippen molar-refractivity contribution in [3.8, 4) is 0 Å². The second-order valence-corrected chi connectivity index (χ2v) is 5.22. The van der Waals surface area contributed by atoms with Crippen LogP contribution in [0.15, 0.2) is 30.7 Å². The Morgan fingerprint density at radius 2 is 2.14 bits per heavy atom. The molecule has 2 aromatic rings. The number of rotatable bonds is 3. The van der Waals surface area contributed by atoms with Gasteiger partial charge in [-0.3, -0.25) is 14.8 Å². The minimum Gasteiger partial charge on any atom is -0.381 e. The van der Waals surface area contributed by atoms with E-state index in [2.05, 4.69) is 15.3 Å². The molecule has 21 heavy (non-hydrogen) atoms. The highest BCUT2D eigenvalue weighted by Gasteiger charge is 2.26. The van der Waals surface area contributed by atoms with Crippen LogP contribution in [0.5, 0.6) is 0 Å². The molecule has 0 aliphatic carbocycles. The number of carbonyl (C=O) groups is 1. The van der Waals surface area contributed by atoms with Gasteiger partial charge in [0.05, 0.1) is 17.2 Å². The third-order valence-corrected chi connectivity index (χ3v) is 3.88. The molecule has 0 saturated carbocycles. The molecule has 1 atom stereocenters. The predicted octanol–water partition coefficient (Wildman–Crippen LogP) is 1.32. The summed E-state index contributed by atoms with van der Waals surface area (Å²) in [4.78, 5) is 20.7. The smallest absolute Gasteiger partial charge is 0.241 e. The predicted molar refractivity (Wildman–Crippen MR) is 79.7 cm³/mol. The standard InChI is InChI=1S/C15H18N4O2/c16-14(10-3-7-21-8-4-10)15(20)19-13-2-6-18-12-1-5-17-9-11(12)13/h1-2,5-6,9-10,14H,3-4,7-8,16H2,(H,18,19,20). The van der Waals surface area contributed by atoms with E-state index in [0.29, 0.717) is 18.9 Å². The van der Waals surface area contributed by atoms with Crippen molar-refractivity contribution in [2.24, 2.45) is 11.7 Å². The van der Waals surface area contributed by atoms with Crippen molar-refractivity contribution in [3.63, 3.8) is 0 Å². The molecule has 1 aliphatic heterocycles. The summed E-state index contributed by atoms with van der Waals surface area (Å²) in [7, 11) is 0. The summed E-state index contributed by atoms with van der Waals surface area (Å²) in [6, 6.07) is 3.05. The molecule has 1 fully saturated rings. The average Bonchev–Trinajstić information content (AvgIpc) is 2.55.